The van der Waals surface area contributed by atoms with Crippen LogP contribution in [0.15, 0.2) is 72.8 Å². The van der Waals surface area contributed by atoms with Crippen LogP contribution in [0, 0.1) is 11.3 Å². The molecule has 1 heterocycles. The van der Waals surface area contributed by atoms with E-state index < -0.39 is 6.67 Å². The Morgan fingerprint density at radius 3 is 2.27 bits per heavy atom. The maximum Gasteiger partial charge on any atom is 0.115 e. The van der Waals surface area contributed by atoms with Gasteiger partial charge in [0.1, 0.15) is 6.67 Å². The second kappa shape index (κ2) is 10.7. The van der Waals surface area contributed by atoms with Gasteiger partial charge in [-0.1, -0.05) is 55.5 Å². The van der Waals surface area contributed by atoms with Crippen molar-refractivity contribution < 1.29 is 9.13 Å². The molecule has 0 aromatic heterocycles. The summed E-state index contributed by atoms with van der Waals surface area (Å²) in [6.07, 6.45) is 2.15. The van der Waals surface area contributed by atoms with Crippen molar-refractivity contribution in [1.82, 2.24) is 4.90 Å². The van der Waals surface area contributed by atoms with E-state index in [2.05, 4.69) is 54.3 Å². The summed E-state index contributed by atoms with van der Waals surface area (Å²) in [6, 6.07) is 26.1. The van der Waals surface area contributed by atoms with Gasteiger partial charge in [0.05, 0.1) is 24.8 Å². The van der Waals surface area contributed by atoms with E-state index in [9.17, 15) is 4.39 Å². The predicted octanol–water partition coefficient (Wildman–Crippen LogP) is 6.27. The molecule has 0 spiro atoms. The van der Waals surface area contributed by atoms with Crippen LogP contribution in [-0.2, 0) is 23.4 Å². The van der Waals surface area contributed by atoms with Gasteiger partial charge in [-0.15, -0.1) is 0 Å². The zero-order valence-corrected chi connectivity index (χ0v) is 19.3. The molecule has 1 aliphatic heterocycles. The topological polar surface area (TPSA) is 36.3 Å². The molecule has 170 valence electrons. The number of benzene rings is 3. The van der Waals surface area contributed by atoms with E-state index in [0.29, 0.717) is 24.3 Å². The first-order valence-corrected chi connectivity index (χ1v) is 11.7. The predicted molar refractivity (Wildman–Crippen MR) is 131 cm³/mol. The lowest BCUT2D eigenvalue weighted by Crippen LogP contribution is -2.45. The molecule has 0 aliphatic carbocycles. The van der Waals surface area contributed by atoms with E-state index in [1.165, 1.54) is 5.56 Å². The summed E-state index contributed by atoms with van der Waals surface area (Å²) in [5.41, 5.74) is 5.50. The van der Waals surface area contributed by atoms with Gasteiger partial charge >= 0.3 is 0 Å². The molecule has 4 heteroatoms. The highest BCUT2D eigenvalue weighted by molar-refractivity contribution is 5.66. The monoisotopic (exact) mass is 442 g/mol. The van der Waals surface area contributed by atoms with E-state index in [0.717, 1.165) is 49.2 Å². The van der Waals surface area contributed by atoms with Gasteiger partial charge in [-0.3, -0.25) is 0 Å². The van der Waals surface area contributed by atoms with E-state index >= 15 is 0 Å². The summed E-state index contributed by atoms with van der Waals surface area (Å²) in [5.74, 6) is 0. The molecule has 0 radical (unpaired) electrons. The molecule has 0 unspecified atom stereocenters. The van der Waals surface area contributed by atoms with Crippen molar-refractivity contribution in [2.45, 2.75) is 38.5 Å². The maximum absolute atomic E-state index is 13.6. The second-order valence-corrected chi connectivity index (χ2v) is 8.93. The maximum atomic E-state index is 13.6. The third kappa shape index (κ3) is 5.50. The van der Waals surface area contributed by atoms with Crippen LogP contribution in [0.5, 0.6) is 0 Å². The van der Waals surface area contributed by atoms with Crippen LogP contribution < -0.4 is 0 Å². The largest absolute Gasteiger partial charge is 0.376 e. The molecular weight excluding hydrogens is 411 g/mol. The number of halogens is 1. The number of hydrogen-bond acceptors (Lipinski definition) is 3. The minimum atomic E-state index is -0.516. The second-order valence-electron chi connectivity index (χ2n) is 8.93. The molecule has 1 fully saturated rings. The van der Waals surface area contributed by atoms with Crippen molar-refractivity contribution in [1.29, 1.82) is 5.26 Å². The zero-order valence-electron chi connectivity index (χ0n) is 19.3. The van der Waals surface area contributed by atoms with Crippen molar-refractivity contribution in [3.8, 4) is 17.2 Å². The van der Waals surface area contributed by atoms with Crippen LogP contribution in [0.2, 0.25) is 0 Å². The van der Waals surface area contributed by atoms with Crippen molar-refractivity contribution in [2.75, 3.05) is 26.2 Å². The summed E-state index contributed by atoms with van der Waals surface area (Å²) in [4.78, 5) is 2.50. The van der Waals surface area contributed by atoms with E-state index in [1.54, 1.807) is 12.1 Å². The van der Waals surface area contributed by atoms with Gasteiger partial charge in [0.15, 0.2) is 0 Å². The quantitative estimate of drug-likeness (QED) is 0.413. The van der Waals surface area contributed by atoms with Crippen LogP contribution in [0.1, 0.15) is 42.0 Å². The Balaban J connectivity index is 1.51. The standard InChI is InChI=1S/C29H31FN2O/c1-2-32-14-12-29(13-15-32,28-6-4-3-5-7-28)22-33-21-25-16-24(19-30)17-27(18-25)26-10-8-23(20-31)9-11-26/h3-11,16-18H,2,12-15,19,21-22H2,1H3. The summed E-state index contributed by atoms with van der Waals surface area (Å²) in [7, 11) is 0. The molecule has 3 aromatic rings. The first-order chi connectivity index (χ1) is 16.2. The highest BCUT2D eigenvalue weighted by Crippen LogP contribution is 2.36. The third-order valence-corrected chi connectivity index (χ3v) is 6.85. The van der Waals surface area contributed by atoms with E-state index in [4.69, 9.17) is 10.00 Å². The smallest absolute Gasteiger partial charge is 0.115 e. The SMILES string of the molecule is CCN1CCC(COCc2cc(CF)cc(-c3ccc(C#N)cc3)c2)(c2ccccc2)CC1. The fraction of sp³-hybridized carbons (Fsp3) is 0.345. The lowest BCUT2D eigenvalue weighted by Gasteiger charge is -2.42. The Bertz CT molecular complexity index is 1080. The van der Waals surface area contributed by atoms with Crippen molar-refractivity contribution in [2.24, 2.45) is 0 Å². The minimum Gasteiger partial charge on any atom is -0.376 e. The molecule has 3 nitrogen and oxygen atoms in total. The number of likely N-dealkylation sites (tertiary alicyclic amines) is 1. The number of piperidine rings is 1. The molecule has 0 N–H and O–H groups in total. The fourth-order valence-corrected chi connectivity index (χ4v) is 4.80. The van der Waals surface area contributed by atoms with Crippen LogP contribution in [-0.4, -0.2) is 31.1 Å². The average Bonchev–Trinajstić information content (AvgIpc) is 2.89. The highest BCUT2D eigenvalue weighted by Gasteiger charge is 2.36. The van der Waals surface area contributed by atoms with Crippen molar-refractivity contribution >= 4 is 0 Å². The van der Waals surface area contributed by atoms with Gasteiger partial charge in [0.25, 0.3) is 0 Å². The minimum absolute atomic E-state index is 0.0145. The number of nitriles is 1. The summed E-state index contributed by atoms with van der Waals surface area (Å²) >= 11 is 0. The van der Waals surface area contributed by atoms with Crippen molar-refractivity contribution in [3.05, 3.63) is 95.1 Å². The van der Waals surface area contributed by atoms with Crippen molar-refractivity contribution in [3.63, 3.8) is 0 Å². The summed E-state index contributed by atoms with van der Waals surface area (Å²) in [5, 5.41) is 9.04. The van der Waals surface area contributed by atoms with E-state index in [-0.39, 0.29) is 5.41 Å². The number of alkyl halides is 1. The first kappa shape index (κ1) is 23.2. The fourth-order valence-electron chi connectivity index (χ4n) is 4.80. The van der Waals surface area contributed by atoms with Gasteiger partial charge < -0.3 is 9.64 Å². The average molecular weight is 443 g/mol. The molecule has 0 atom stereocenters. The molecule has 4 rings (SSSR count). The van der Waals surface area contributed by atoms with Crippen LogP contribution in [0.4, 0.5) is 4.39 Å². The highest BCUT2D eigenvalue weighted by atomic mass is 19.1. The van der Waals surface area contributed by atoms with Gasteiger partial charge in [-0.25, -0.2) is 4.39 Å². The Labute approximate surface area is 196 Å². The zero-order chi connectivity index (χ0) is 23.1. The van der Waals surface area contributed by atoms with Crippen LogP contribution in [0.3, 0.4) is 0 Å². The Hall–Kier alpha value is -3.00. The normalized spacial score (nSPS) is 15.8. The number of hydrogen-bond donors (Lipinski definition) is 0. The lowest BCUT2D eigenvalue weighted by atomic mass is 9.73. The molecule has 0 bridgehead atoms. The van der Waals surface area contributed by atoms with Gasteiger partial charge in [0.2, 0.25) is 0 Å². The number of ether oxygens (including phenoxy) is 1. The summed E-state index contributed by atoms with van der Waals surface area (Å²) in [6.45, 7) is 6.04. The number of nitrogens with zero attached hydrogens (tertiary/aromatic N) is 2. The lowest BCUT2D eigenvalue weighted by molar-refractivity contribution is 0.0371. The number of rotatable bonds is 8. The van der Waals surface area contributed by atoms with E-state index in [1.807, 2.05) is 24.3 Å². The molecule has 1 aliphatic rings. The molecule has 0 amide bonds. The molecule has 1 saturated heterocycles. The van der Waals surface area contributed by atoms with Gasteiger partial charge in [-0.05, 0) is 84.6 Å². The van der Waals surface area contributed by atoms with Gasteiger partial charge in [0, 0.05) is 5.41 Å². The molecule has 3 aromatic carbocycles. The summed E-state index contributed by atoms with van der Waals surface area (Å²) < 4.78 is 19.9. The van der Waals surface area contributed by atoms with Crippen LogP contribution >= 0.6 is 0 Å². The van der Waals surface area contributed by atoms with Gasteiger partial charge in [-0.2, -0.15) is 5.26 Å². The van der Waals surface area contributed by atoms with Crippen LogP contribution in [0.25, 0.3) is 11.1 Å². The molecule has 33 heavy (non-hydrogen) atoms. The molecule has 0 saturated carbocycles. The third-order valence-electron chi connectivity index (χ3n) is 6.85. The Morgan fingerprint density at radius 2 is 1.64 bits per heavy atom. The Morgan fingerprint density at radius 1 is 0.939 bits per heavy atom. The first-order valence-electron chi connectivity index (χ1n) is 11.7. The Kier molecular flexibility index (Phi) is 7.54. The molecular formula is C29H31FN2O.